The lowest BCUT2D eigenvalue weighted by atomic mass is 9.97. The predicted molar refractivity (Wildman–Crippen MR) is 61.6 cm³/mol. The van der Waals surface area contributed by atoms with Crippen molar-refractivity contribution in [2.45, 2.75) is 47.0 Å². The maximum atomic E-state index is 9.18. The van der Waals surface area contributed by atoms with Crippen LogP contribution in [-0.4, -0.2) is 31.2 Å². The first-order valence-electron chi connectivity index (χ1n) is 5.73. The van der Waals surface area contributed by atoms with Crippen molar-refractivity contribution in [3.8, 4) is 0 Å². The third kappa shape index (κ3) is 4.96. The van der Waals surface area contributed by atoms with Gasteiger partial charge in [0.25, 0.3) is 0 Å². The molecule has 0 aromatic rings. The summed E-state index contributed by atoms with van der Waals surface area (Å²) in [6.45, 7) is 10.5. The summed E-state index contributed by atoms with van der Waals surface area (Å²) in [5.41, 5.74) is 0. The van der Waals surface area contributed by atoms with Crippen molar-refractivity contribution >= 4 is 0 Å². The number of hydrogen-bond donors (Lipinski definition) is 1. The number of ether oxygens (including phenoxy) is 2. The fourth-order valence-corrected chi connectivity index (χ4v) is 1.29. The van der Waals surface area contributed by atoms with Gasteiger partial charge in [-0.15, -0.1) is 0 Å². The molecule has 0 aliphatic rings. The molecule has 0 amide bonds. The van der Waals surface area contributed by atoms with E-state index in [1.165, 1.54) is 0 Å². The molecule has 3 atom stereocenters. The van der Waals surface area contributed by atoms with Crippen LogP contribution in [0, 0.1) is 17.8 Å². The second kappa shape index (κ2) is 7.20. The lowest BCUT2D eigenvalue weighted by Gasteiger charge is -2.30. The summed E-state index contributed by atoms with van der Waals surface area (Å²) >= 11 is 0. The molecule has 0 rings (SSSR count). The number of aliphatic hydroxyl groups excluding tert-OH is 1. The smallest absolute Gasteiger partial charge is 0.160 e. The van der Waals surface area contributed by atoms with Crippen molar-refractivity contribution < 1.29 is 14.6 Å². The molecule has 0 spiro atoms. The largest absolute Gasteiger partial charge is 0.394 e. The quantitative estimate of drug-likeness (QED) is 0.666. The van der Waals surface area contributed by atoms with Crippen LogP contribution < -0.4 is 0 Å². The normalized spacial score (nSPS) is 18.2. The highest BCUT2D eigenvalue weighted by Gasteiger charge is 2.25. The summed E-state index contributed by atoms with van der Waals surface area (Å²) in [4.78, 5) is 0. The summed E-state index contributed by atoms with van der Waals surface area (Å²) in [6.07, 6.45) is -0.374. The molecule has 0 aromatic carbocycles. The van der Waals surface area contributed by atoms with Gasteiger partial charge < -0.3 is 14.6 Å². The van der Waals surface area contributed by atoms with E-state index in [2.05, 4.69) is 20.8 Å². The molecule has 1 N–H and O–H groups in total. The Labute approximate surface area is 93.8 Å². The van der Waals surface area contributed by atoms with Gasteiger partial charge in [0.15, 0.2) is 6.29 Å². The summed E-state index contributed by atoms with van der Waals surface area (Å²) in [6, 6.07) is 0. The molecule has 92 valence electrons. The van der Waals surface area contributed by atoms with Crippen LogP contribution in [-0.2, 0) is 9.47 Å². The van der Waals surface area contributed by atoms with Gasteiger partial charge in [-0.3, -0.25) is 0 Å². The van der Waals surface area contributed by atoms with Crippen molar-refractivity contribution in [1.29, 1.82) is 0 Å². The fourth-order valence-electron chi connectivity index (χ4n) is 1.29. The first-order chi connectivity index (χ1) is 6.93. The van der Waals surface area contributed by atoms with Gasteiger partial charge in [-0.05, 0) is 11.8 Å². The lowest BCUT2D eigenvalue weighted by Crippen LogP contribution is -2.36. The van der Waals surface area contributed by atoms with Gasteiger partial charge in [0, 0.05) is 13.0 Å². The molecule has 0 aliphatic heterocycles. The Morgan fingerprint density at radius 3 is 1.80 bits per heavy atom. The van der Waals surface area contributed by atoms with Crippen molar-refractivity contribution in [1.82, 2.24) is 0 Å². The minimum atomic E-state index is -0.232. The van der Waals surface area contributed by atoms with Crippen LogP contribution in [0.25, 0.3) is 0 Å². The summed E-state index contributed by atoms with van der Waals surface area (Å²) < 4.78 is 11.1. The van der Waals surface area contributed by atoms with E-state index in [0.29, 0.717) is 17.8 Å². The number of hydrogen-bond acceptors (Lipinski definition) is 3. The number of aliphatic hydroxyl groups is 1. The van der Waals surface area contributed by atoms with Gasteiger partial charge in [-0.2, -0.15) is 0 Å². The van der Waals surface area contributed by atoms with Crippen molar-refractivity contribution in [2.24, 2.45) is 17.8 Å². The van der Waals surface area contributed by atoms with Gasteiger partial charge >= 0.3 is 0 Å². The van der Waals surface area contributed by atoms with Crippen LogP contribution >= 0.6 is 0 Å². The fraction of sp³-hybridized carbons (Fsp3) is 1.00. The van der Waals surface area contributed by atoms with Gasteiger partial charge in [0.2, 0.25) is 0 Å². The van der Waals surface area contributed by atoms with E-state index in [4.69, 9.17) is 9.47 Å². The Bertz CT molecular complexity index is 157. The van der Waals surface area contributed by atoms with E-state index in [1.807, 2.05) is 13.8 Å². The third-order valence-electron chi connectivity index (χ3n) is 2.95. The molecule has 0 aromatic heterocycles. The molecule has 15 heavy (non-hydrogen) atoms. The van der Waals surface area contributed by atoms with Gasteiger partial charge in [0.1, 0.15) is 0 Å². The van der Waals surface area contributed by atoms with E-state index < -0.39 is 0 Å². The van der Waals surface area contributed by atoms with E-state index in [1.54, 1.807) is 7.11 Å². The topological polar surface area (TPSA) is 38.7 Å². The summed E-state index contributed by atoms with van der Waals surface area (Å²) in [5, 5.41) is 9.18. The SMILES string of the molecule is CO[C@@H](OC(CO)C(C)C)C(C)C(C)C. The van der Waals surface area contributed by atoms with Crippen molar-refractivity contribution in [2.75, 3.05) is 13.7 Å². The van der Waals surface area contributed by atoms with Crippen LogP contribution in [0.2, 0.25) is 0 Å². The monoisotopic (exact) mass is 218 g/mol. The second-order valence-electron chi connectivity index (χ2n) is 4.81. The minimum Gasteiger partial charge on any atom is -0.394 e. The highest BCUT2D eigenvalue weighted by atomic mass is 16.7. The highest BCUT2D eigenvalue weighted by molar-refractivity contribution is 4.66. The average Bonchev–Trinajstić information content (AvgIpc) is 2.18. The molecule has 0 heterocycles. The Hall–Kier alpha value is -0.120. The van der Waals surface area contributed by atoms with E-state index >= 15 is 0 Å². The maximum absolute atomic E-state index is 9.18. The van der Waals surface area contributed by atoms with Crippen LogP contribution in [0.5, 0.6) is 0 Å². The zero-order valence-corrected chi connectivity index (χ0v) is 10.9. The first-order valence-corrected chi connectivity index (χ1v) is 5.73. The van der Waals surface area contributed by atoms with Crippen LogP contribution in [0.1, 0.15) is 34.6 Å². The van der Waals surface area contributed by atoms with E-state index in [0.717, 1.165) is 0 Å². The van der Waals surface area contributed by atoms with Crippen LogP contribution in [0.15, 0.2) is 0 Å². The van der Waals surface area contributed by atoms with Gasteiger partial charge in [-0.25, -0.2) is 0 Å². The molecule has 3 heteroatoms. The maximum Gasteiger partial charge on any atom is 0.160 e. The minimum absolute atomic E-state index is 0.0440. The molecule has 0 bridgehead atoms. The molecule has 2 unspecified atom stereocenters. The molecule has 3 nitrogen and oxygen atoms in total. The third-order valence-corrected chi connectivity index (χ3v) is 2.95. The van der Waals surface area contributed by atoms with E-state index in [9.17, 15) is 5.11 Å². The number of rotatable bonds is 7. The molecule has 0 fully saturated rings. The zero-order chi connectivity index (χ0) is 12.0. The van der Waals surface area contributed by atoms with Crippen molar-refractivity contribution in [3.63, 3.8) is 0 Å². The lowest BCUT2D eigenvalue weighted by molar-refractivity contribution is -0.203. The number of methoxy groups -OCH3 is 1. The van der Waals surface area contributed by atoms with E-state index in [-0.39, 0.29) is 19.0 Å². The molecule has 0 saturated heterocycles. The first kappa shape index (κ1) is 14.9. The Kier molecular flexibility index (Phi) is 7.14. The molecule has 0 radical (unpaired) electrons. The van der Waals surface area contributed by atoms with Crippen molar-refractivity contribution in [3.05, 3.63) is 0 Å². The zero-order valence-electron chi connectivity index (χ0n) is 10.9. The Morgan fingerprint density at radius 2 is 1.53 bits per heavy atom. The molecule has 0 saturated carbocycles. The summed E-state index contributed by atoms with van der Waals surface area (Å²) in [7, 11) is 1.65. The highest BCUT2D eigenvalue weighted by Crippen LogP contribution is 2.21. The molecule has 0 aliphatic carbocycles. The standard InChI is InChI=1S/C12H26O3/c1-8(2)10(5)12(14-6)15-11(7-13)9(3)4/h8-13H,7H2,1-6H3/t10?,11?,12-/m0/s1. The second-order valence-corrected chi connectivity index (χ2v) is 4.81. The Morgan fingerprint density at radius 1 is 1.00 bits per heavy atom. The van der Waals surface area contributed by atoms with Gasteiger partial charge in [0.05, 0.1) is 12.7 Å². The van der Waals surface area contributed by atoms with Crippen LogP contribution in [0.3, 0.4) is 0 Å². The van der Waals surface area contributed by atoms with Crippen LogP contribution in [0.4, 0.5) is 0 Å². The average molecular weight is 218 g/mol. The molecular weight excluding hydrogens is 192 g/mol. The Balaban J connectivity index is 4.30. The summed E-state index contributed by atoms with van der Waals surface area (Å²) in [5.74, 6) is 1.12. The molecular formula is C12H26O3. The predicted octanol–water partition coefficient (Wildman–Crippen LogP) is 2.28. The van der Waals surface area contributed by atoms with Gasteiger partial charge in [-0.1, -0.05) is 34.6 Å².